The molecule has 1 saturated heterocycles. The van der Waals surface area contributed by atoms with E-state index in [4.69, 9.17) is 4.74 Å². The van der Waals surface area contributed by atoms with Crippen molar-refractivity contribution in [3.05, 3.63) is 35.4 Å². The average molecular weight is 486 g/mol. The fraction of sp³-hybridized carbons (Fsp3) is 0.667. The van der Waals surface area contributed by atoms with Crippen LogP contribution in [0.3, 0.4) is 0 Å². The summed E-state index contributed by atoms with van der Waals surface area (Å²) in [5.74, 6) is 0.906. The molecule has 0 radical (unpaired) electrons. The van der Waals surface area contributed by atoms with E-state index >= 15 is 0 Å². The molecule has 3 rings (SSSR count). The van der Waals surface area contributed by atoms with Gasteiger partial charge in [-0.2, -0.15) is 0 Å². The van der Waals surface area contributed by atoms with Crippen molar-refractivity contribution in [3.8, 4) is 0 Å². The standard InChI is InChI=1S/C21H34N4O.HI/c1-3-21(8-5-9-21)17-24-20(22-2)23-15-18-6-4-7-19(14-18)16-25-10-12-26-13-11-25;/h4,6-7,14H,3,5,8-13,15-17H2,1-2H3,(H2,22,23,24);1H. The van der Waals surface area contributed by atoms with Crippen LogP contribution in [-0.4, -0.2) is 50.8 Å². The quantitative estimate of drug-likeness (QED) is 0.353. The molecule has 0 atom stereocenters. The highest BCUT2D eigenvalue weighted by Crippen LogP contribution is 2.42. The van der Waals surface area contributed by atoms with E-state index in [1.165, 1.54) is 36.8 Å². The summed E-state index contributed by atoms with van der Waals surface area (Å²) in [5, 5.41) is 7.00. The van der Waals surface area contributed by atoms with Gasteiger partial charge in [-0.3, -0.25) is 9.89 Å². The molecule has 1 aliphatic heterocycles. The van der Waals surface area contributed by atoms with Crippen molar-refractivity contribution in [2.24, 2.45) is 10.4 Å². The van der Waals surface area contributed by atoms with Gasteiger partial charge >= 0.3 is 0 Å². The summed E-state index contributed by atoms with van der Waals surface area (Å²) >= 11 is 0. The molecule has 1 heterocycles. The first-order valence-corrected chi connectivity index (χ1v) is 10.1. The Morgan fingerprint density at radius 1 is 1.19 bits per heavy atom. The molecular formula is C21H35IN4O. The van der Waals surface area contributed by atoms with E-state index < -0.39 is 0 Å². The van der Waals surface area contributed by atoms with Gasteiger partial charge < -0.3 is 15.4 Å². The highest BCUT2D eigenvalue weighted by atomic mass is 127. The number of halogens is 1. The molecule has 1 aliphatic carbocycles. The topological polar surface area (TPSA) is 48.9 Å². The van der Waals surface area contributed by atoms with Crippen LogP contribution in [0.15, 0.2) is 29.3 Å². The summed E-state index contributed by atoms with van der Waals surface area (Å²) in [6.45, 7) is 8.89. The Morgan fingerprint density at radius 2 is 1.93 bits per heavy atom. The summed E-state index contributed by atoms with van der Waals surface area (Å²) in [5.41, 5.74) is 3.16. The van der Waals surface area contributed by atoms with Gasteiger partial charge in [0, 0.05) is 39.8 Å². The predicted molar refractivity (Wildman–Crippen MR) is 123 cm³/mol. The minimum absolute atomic E-state index is 0. The maximum absolute atomic E-state index is 5.43. The summed E-state index contributed by atoms with van der Waals surface area (Å²) < 4.78 is 5.43. The van der Waals surface area contributed by atoms with Crippen molar-refractivity contribution in [2.75, 3.05) is 39.9 Å². The molecule has 2 N–H and O–H groups in total. The zero-order chi connectivity index (χ0) is 18.2. The maximum Gasteiger partial charge on any atom is 0.191 e. The molecule has 1 aromatic rings. The van der Waals surface area contributed by atoms with Crippen LogP contribution in [0, 0.1) is 5.41 Å². The number of hydrogen-bond donors (Lipinski definition) is 2. The van der Waals surface area contributed by atoms with Crippen molar-refractivity contribution in [2.45, 2.75) is 45.7 Å². The van der Waals surface area contributed by atoms with E-state index in [0.29, 0.717) is 5.41 Å². The Kier molecular flexibility index (Phi) is 9.32. The Bertz CT molecular complexity index is 592. The maximum atomic E-state index is 5.43. The van der Waals surface area contributed by atoms with Gasteiger partial charge in [0.25, 0.3) is 0 Å². The van der Waals surface area contributed by atoms with Gasteiger partial charge in [-0.25, -0.2) is 0 Å². The number of nitrogens with zero attached hydrogens (tertiary/aromatic N) is 2. The van der Waals surface area contributed by atoms with Crippen molar-refractivity contribution in [1.82, 2.24) is 15.5 Å². The molecule has 0 bridgehead atoms. The first kappa shape index (κ1) is 22.4. The summed E-state index contributed by atoms with van der Waals surface area (Å²) in [6.07, 6.45) is 5.31. The highest BCUT2D eigenvalue weighted by Gasteiger charge is 2.34. The normalized spacial score (nSPS) is 19.7. The number of hydrogen-bond acceptors (Lipinski definition) is 3. The zero-order valence-corrected chi connectivity index (χ0v) is 19.1. The molecule has 152 valence electrons. The molecule has 0 spiro atoms. The fourth-order valence-corrected chi connectivity index (χ4v) is 3.87. The van der Waals surface area contributed by atoms with Crippen LogP contribution in [0.25, 0.3) is 0 Å². The van der Waals surface area contributed by atoms with Gasteiger partial charge in [-0.15, -0.1) is 24.0 Å². The Hall–Kier alpha value is -0.860. The molecule has 0 aromatic heterocycles. The van der Waals surface area contributed by atoms with Crippen LogP contribution in [0.4, 0.5) is 0 Å². The minimum atomic E-state index is 0. The molecule has 1 saturated carbocycles. The molecule has 27 heavy (non-hydrogen) atoms. The van der Waals surface area contributed by atoms with Gasteiger partial charge in [-0.1, -0.05) is 37.6 Å². The molecule has 1 aromatic carbocycles. The number of rotatable bonds is 7. The lowest BCUT2D eigenvalue weighted by Crippen LogP contribution is -2.46. The first-order valence-electron chi connectivity index (χ1n) is 10.1. The van der Waals surface area contributed by atoms with E-state index in [-0.39, 0.29) is 24.0 Å². The van der Waals surface area contributed by atoms with Crippen molar-refractivity contribution >= 4 is 29.9 Å². The van der Waals surface area contributed by atoms with Gasteiger partial charge in [0.15, 0.2) is 5.96 Å². The van der Waals surface area contributed by atoms with E-state index in [2.05, 4.69) is 51.7 Å². The lowest BCUT2D eigenvalue weighted by molar-refractivity contribution is 0.0342. The number of morpholine rings is 1. The Morgan fingerprint density at radius 3 is 2.56 bits per heavy atom. The van der Waals surface area contributed by atoms with Crippen LogP contribution in [0.2, 0.25) is 0 Å². The second-order valence-electron chi connectivity index (χ2n) is 7.69. The van der Waals surface area contributed by atoms with Gasteiger partial charge in [0.2, 0.25) is 0 Å². The molecule has 2 aliphatic rings. The van der Waals surface area contributed by atoms with E-state index in [0.717, 1.165) is 51.9 Å². The van der Waals surface area contributed by atoms with Gasteiger partial charge in [0.05, 0.1) is 13.2 Å². The van der Waals surface area contributed by atoms with Crippen LogP contribution < -0.4 is 10.6 Å². The summed E-state index contributed by atoms with van der Waals surface area (Å²) in [4.78, 5) is 6.84. The minimum Gasteiger partial charge on any atom is -0.379 e. The van der Waals surface area contributed by atoms with E-state index in [9.17, 15) is 0 Å². The number of ether oxygens (including phenoxy) is 1. The van der Waals surface area contributed by atoms with Crippen molar-refractivity contribution in [3.63, 3.8) is 0 Å². The zero-order valence-electron chi connectivity index (χ0n) is 16.8. The lowest BCUT2D eigenvalue weighted by Gasteiger charge is -2.41. The number of nitrogens with one attached hydrogen (secondary N) is 2. The average Bonchev–Trinajstić information content (AvgIpc) is 2.65. The van der Waals surface area contributed by atoms with E-state index in [1.807, 2.05) is 7.05 Å². The summed E-state index contributed by atoms with van der Waals surface area (Å²) in [7, 11) is 1.85. The van der Waals surface area contributed by atoms with Crippen LogP contribution in [0.1, 0.15) is 43.7 Å². The summed E-state index contributed by atoms with van der Waals surface area (Å²) in [6, 6.07) is 8.86. The molecule has 5 nitrogen and oxygen atoms in total. The molecule has 0 unspecified atom stereocenters. The Balaban J connectivity index is 0.00000261. The first-order chi connectivity index (χ1) is 12.7. The SMILES string of the molecule is CCC1(CNC(=NC)NCc2cccc(CN3CCOCC3)c2)CCC1.I. The molecular weight excluding hydrogens is 451 g/mol. The second kappa shape index (κ2) is 11.2. The predicted octanol–water partition coefficient (Wildman–Crippen LogP) is 3.38. The van der Waals surface area contributed by atoms with Crippen molar-refractivity contribution in [1.29, 1.82) is 0 Å². The number of benzene rings is 1. The molecule has 0 amide bonds. The highest BCUT2D eigenvalue weighted by molar-refractivity contribution is 14.0. The fourth-order valence-electron chi connectivity index (χ4n) is 3.87. The third-order valence-electron chi connectivity index (χ3n) is 5.98. The van der Waals surface area contributed by atoms with Crippen LogP contribution in [0.5, 0.6) is 0 Å². The van der Waals surface area contributed by atoms with Crippen molar-refractivity contribution < 1.29 is 4.74 Å². The van der Waals surface area contributed by atoms with E-state index in [1.54, 1.807) is 0 Å². The number of guanidine groups is 1. The Labute approximate surface area is 181 Å². The molecule has 2 fully saturated rings. The lowest BCUT2D eigenvalue weighted by atomic mass is 9.67. The third-order valence-corrected chi connectivity index (χ3v) is 5.98. The molecule has 6 heteroatoms. The van der Waals surface area contributed by atoms with Gasteiger partial charge in [0.1, 0.15) is 0 Å². The second-order valence-corrected chi connectivity index (χ2v) is 7.69. The van der Waals surface area contributed by atoms with Crippen LogP contribution in [-0.2, 0) is 17.8 Å². The van der Waals surface area contributed by atoms with Gasteiger partial charge in [-0.05, 0) is 35.8 Å². The number of aliphatic imine (C=N–C) groups is 1. The largest absolute Gasteiger partial charge is 0.379 e. The monoisotopic (exact) mass is 486 g/mol. The van der Waals surface area contributed by atoms with Crippen LogP contribution >= 0.6 is 24.0 Å². The smallest absolute Gasteiger partial charge is 0.191 e. The third kappa shape index (κ3) is 6.61.